The van der Waals surface area contributed by atoms with Crippen molar-refractivity contribution in [1.82, 2.24) is 0 Å². The van der Waals surface area contributed by atoms with Crippen molar-refractivity contribution in [3.8, 4) is 0 Å². The fraction of sp³-hybridized carbons (Fsp3) is 1.00. The van der Waals surface area contributed by atoms with Gasteiger partial charge in [0.25, 0.3) is 0 Å². The maximum Gasteiger partial charge on any atom is 0.468 e. The molecule has 0 aromatic rings. The first kappa shape index (κ1) is 13.3. The summed E-state index contributed by atoms with van der Waals surface area (Å²) in [6.07, 6.45) is 0. The third kappa shape index (κ3) is 1.75. The van der Waals surface area contributed by atoms with Gasteiger partial charge in [-0.15, -0.1) is 29.6 Å². The van der Waals surface area contributed by atoms with E-state index in [1.54, 1.807) is 0 Å². The Bertz CT molecular complexity index is 124. The van der Waals surface area contributed by atoms with Gasteiger partial charge in [-0.1, -0.05) is 0 Å². The molecule has 0 aromatic heterocycles. The summed E-state index contributed by atoms with van der Waals surface area (Å²) >= 11 is 0. The number of hydrogen-bond donors (Lipinski definition) is 0. The standard InChI is InChI=1S/C2F6O6/c3-9-1(10-4,11-5)2(12-6,13-7)14-8. The van der Waals surface area contributed by atoms with E-state index in [1.165, 1.54) is 0 Å². The van der Waals surface area contributed by atoms with E-state index in [0.717, 1.165) is 0 Å². The Balaban J connectivity index is 5.08. The average molecular weight is 234 g/mol. The van der Waals surface area contributed by atoms with Crippen LogP contribution in [0.1, 0.15) is 0 Å². The minimum absolute atomic E-state index is 2.08. The Morgan fingerprint density at radius 1 is 0.429 bits per heavy atom. The lowest BCUT2D eigenvalue weighted by Crippen LogP contribution is -2.58. The van der Waals surface area contributed by atoms with Gasteiger partial charge in [-0.05, 0) is 27.2 Å². The van der Waals surface area contributed by atoms with E-state index < -0.39 is 11.9 Å². The van der Waals surface area contributed by atoms with E-state index in [4.69, 9.17) is 0 Å². The van der Waals surface area contributed by atoms with Crippen LogP contribution in [-0.2, 0) is 29.6 Å². The van der Waals surface area contributed by atoms with Crippen molar-refractivity contribution in [3.05, 3.63) is 0 Å². The Morgan fingerprint density at radius 3 is 0.643 bits per heavy atom. The van der Waals surface area contributed by atoms with Crippen LogP contribution in [0.2, 0.25) is 0 Å². The largest absolute Gasteiger partial charge is 0.468 e. The van der Waals surface area contributed by atoms with Gasteiger partial charge in [-0.25, -0.2) is 0 Å². The van der Waals surface area contributed by atoms with Gasteiger partial charge in [0.2, 0.25) is 0 Å². The van der Waals surface area contributed by atoms with Gasteiger partial charge < -0.3 is 0 Å². The molecule has 0 spiro atoms. The minimum Gasteiger partial charge on any atom is -0.113 e. The molecule has 0 aliphatic heterocycles. The molecule has 0 heterocycles. The third-order valence-corrected chi connectivity index (χ3v) is 0.984. The van der Waals surface area contributed by atoms with Crippen LogP contribution >= 0.6 is 0 Å². The van der Waals surface area contributed by atoms with Gasteiger partial charge in [-0.2, -0.15) is 0 Å². The molecule has 0 atom stereocenters. The zero-order chi connectivity index (χ0) is 11.2. The van der Waals surface area contributed by atoms with Crippen molar-refractivity contribution < 1.29 is 56.8 Å². The van der Waals surface area contributed by atoms with Crippen molar-refractivity contribution in [2.24, 2.45) is 0 Å². The summed E-state index contributed by atoms with van der Waals surface area (Å²) in [5.41, 5.74) is 0. The molecule has 0 aliphatic rings. The van der Waals surface area contributed by atoms with E-state index in [-0.39, 0.29) is 0 Å². The van der Waals surface area contributed by atoms with Gasteiger partial charge in [0, 0.05) is 0 Å². The fourth-order valence-corrected chi connectivity index (χ4v) is 0.355. The summed E-state index contributed by atoms with van der Waals surface area (Å²) in [5.74, 6) is -9.41. The number of rotatable bonds is 7. The van der Waals surface area contributed by atoms with Gasteiger partial charge in [0.15, 0.2) is 0 Å². The topological polar surface area (TPSA) is 55.4 Å². The van der Waals surface area contributed by atoms with E-state index in [0.29, 0.717) is 0 Å². The Kier molecular flexibility index (Phi) is 5.03. The lowest BCUT2D eigenvalue weighted by molar-refractivity contribution is -0.700. The normalized spacial score (nSPS) is 13.3. The van der Waals surface area contributed by atoms with Crippen LogP contribution < -0.4 is 0 Å². The number of hydrogen-bond acceptors (Lipinski definition) is 6. The van der Waals surface area contributed by atoms with Crippen LogP contribution in [-0.4, -0.2) is 11.9 Å². The Hall–Kier alpha value is -0.660. The molecule has 0 unspecified atom stereocenters. The van der Waals surface area contributed by atoms with Crippen LogP contribution in [0.4, 0.5) is 27.2 Å². The highest BCUT2D eigenvalue weighted by atomic mass is 19.4. The average Bonchev–Trinajstić information content (AvgIpc) is 2.27. The summed E-state index contributed by atoms with van der Waals surface area (Å²) < 4.78 is 68.4. The molecule has 0 N–H and O–H groups in total. The highest BCUT2D eigenvalue weighted by Crippen LogP contribution is 2.37. The summed E-state index contributed by atoms with van der Waals surface area (Å²) in [6.45, 7) is 0. The molecule has 0 aromatic carbocycles. The van der Waals surface area contributed by atoms with E-state index in [9.17, 15) is 27.2 Å². The molecule has 0 amide bonds. The summed E-state index contributed by atoms with van der Waals surface area (Å²) in [5, 5.41) is 0. The molecule has 6 nitrogen and oxygen atoms in total. The zero-order valence-electron chi connectivity index (χ0n) is 5.72. The molecule has 14 heavy (non-hydrogen) atoms. The number of halogens is 6. The van der Waals surface area contributed by atoms with Gasteiger partial charge >= 0.3 is 11.9 Å². The predicted molar refractivity (Wildman–Crippen MR) is 18.6 cm³/mol. The zero-order valence-corrected chi connectivity index (χ0v) is 5.72. The lowest BCUT2D eigenvalue weighted by atomic mass is 10.5. The second-order valence-electron chi connectivity index (χ2n) is 1.58. The van der Waals surface area contributed by atoms with Crippen molar-refractivity contribution >= 4 is 0 Å². The summed E-state index contributed by atoms with van der Waals surface area (Å²) in [4.78, 5) is 12.5. The first-order chi connectivity index (χ1) is 6.61. The molecule has 0 saturated carbocycles. The van der Waals surface area contributed by atoms with Crippen LogP contribution in [0.5, 0.6) is 0 Å². The molecule has 0 bridgehead atoms. The van der Waals surface area contributed by atoms with E-state index in [1.807, 2.05) is 0 Å². The maximum atomic E-state index is 11.4. The molecular formula is C2F6O6. The quantitative estimate of drug-likeness (QED) is 0.493. The SMILES string of the molecule is FOC(OF)(OF)C(OF)(OF)OF. The highest BCUT2D eigenvalue weighted by Gasteiger charge is 2.70. The van der Waals surface area contributed by atoms with Crippen molar-refractivity contribution in [2.75, 3.05) is 0 Å². The molecule has 0 aliphatic carbocycles. The fourth-order valence-electron chi connectivity index (χ4n) is 0.355. The molecule has 0 fully saturated rings. The monoisotopic (exact) mass is 234 g/mol. The summed E-state index contributed by atoms with van der Waals surface area (Å²) in [7, 11) is 0. The molecule has 0 rings (SSSR count). The molecule has 86 valence electrons. The molecule has 0 radical (unpaired) electrons. The third-order valence-electron chi connectivity index (χ3n) is 0.984. The van der Waals surface area contributed by atoms with Crippen molar-refractivity contribution in [2.45, 2.75) is 11.9 Å². The smallest absolute Gasteiger partial charge is 0.113 e. The first-order valence-electron chi connectivity index (χ1n) is 2.40. The maximum absolute atomic E-state index is 11.4. The molecule has 12 heteroatoms. The molecular weight excluding hydrogens is 234 g/mol. The second-order valence-corrected chi connectivity index (χ2v) is 1.58. The van der Waals surface area contributed by atoms with Crippen LogP contribution in [0, 0.1) is 0 Å². The summed E-state index contributed by atoms with van der Waals surface area (Å²) in [6, 6.07) is 0. The Morgan fingerprint density at radius 2 is 0.571 bits per heavy atom. The van der Waals surface area contributed by atoms with Gasteiger partial charge in [0.1, 0.15) is 0 Å². The van der Waals surface area contributed by atoms with Gasteiger partial charge in [-0.3, -0.25) is 0 Å². The first-order valence-corrected chi connectivity index (χ1v) is 2.40. The van der Waals surface area contributed by atoms with Crippen LogP contribution in [0.15, 0.2) is 0 Å². The Labute approximate surface area is 70.2 Å². The van der Waals surface area contributed by atoms with Gasteiger partial charge in [0.05, 0.1) is 0 Å². The van der Waals surface area contributed by atoms with Crippen LogP contribution in [0.25, 0.3) is 0 Å². The lowest BCUT2D eigenvalue weighted by Gasteiger charge is -2.28. The highest BCUT2D eigenvalue weighted by molar-refractivity contribution is 4.65. The predicted octanol–water partition coefficient (Wildman–Crippen LogP) is 1.70. The van der Waals surface area contributed by atoms with E-state index in [2.05, 4.69) is 29.6 Å². The van der Waals surface area contributed by atoms with Crippen molar-refractivity contribution in [1.29, 1.82) is 0 Å². The van der Waals surface area contributed by atoms with Crippen LogP contribution in [0.3, 0.4) is 0 Å². The second kappa shape index (κ2) is 5.28. The molecule has 0 saturated heterocycles. The van der Waals surface area contributed by atoms with Crippen molar-refractivity contribution in [3.63, 3.8) is 0 Å². The van der Waals surface area contributed by atoms with E-state index >= 15 is 0 Å². The minimum atomic E-state index is -4.70.